The van der Waals surface area contributed by atoms with E-state index in [0.717, 1.165) is 25.6 Å². The summed E-state index contributed by atoms with van der Waals surface area (Å²) in [6.07, 6.45) is 5.46. The van der Waals surface area contributed by atoms with E-state index < -0.39 is 0 Å². The fourth-order valence-electron chi connectivity index (χ4n) is 1.29. The van der Waals surface area contributed by atoms with Crippen molar-refractivity contribution < 1.29 is 18.9 Å². The maximum Gasteiger partial charge on any atom is 0.0804 e. The van der Waals surface area contributed by atoms with E-state index in [4.69, 9.17) is 18.9 Å². The van der Waals surface area contributed by atoms with Gasteiger partial charge in [-0.2, -0.15) is 0 Å². The highest BCUT2D eigenvalue weighted by atomic mass is 16.5. The lowest BCUT2D eigenvalue weighted by Gasteiger charge is -2.12. The van der Waals surface area contributed by atoms with Gasteiger partial charge >= 0.3 is 0 Å². The van der Waals surface area contributed by atoms with Crippen LogP contribution in [0.4, 0.5) is 0 Å². The number of unbranched alkanes of at least 4 members (excludes halogenated alkanes) is 1. The van der Waals surface area contributed by atoms with Gasteiger partial charge in [0.1, 0.15) is 0 Å². The summed E-state index contributed by atoms with van der Waals surface area (Å²) < 4.78 is 19.8. The molecule has 0 aliphatic heterocycles. The predicted octanol–water partition coefficient (Wildman–Crippen LogP) is 4.56. The summed E-state index contributed by atoms with van der Waals surface area (Å²) in [6.45, 7) is 12.2. The number of methoxy groups -OCH3 is 4. The first kappa shape index (κ1) is 26.7. The first-order valence-corrected chi connectivity index (χ1v) is 8.46. The summed E-state index contributed by atoms with van der Waals surface area (Å²) in [5.74, 6) is 0.727. The zero-order valence-electron chi connectivity index (χ0n) is 16.6. The van der Waals surface area contributed by atoms with Gasteiger partial charge in [-0.1, -0.05) is 40.0 Å². The van der Waals surface area contributed by atoms with Gasteiger partial charge in [-0.25, -0.2) is 0 Å². The van der Waals surface area contributed by atoms with Gasteiger partial charge in [0.2, 0.25) is 0 Å². The minimum absolute atomic E-state index is 0.296. The van der Waals surface area contributed by atoms with Gasteiger partial charge in [0.05, 0.1) is 18.8 Å². The van der Waals surface area contributed by atoms with Gasteiger partial charge in [0, 0.05) is 35.0 Å². The molecular formula is C18H42O4. The number of rotatable bonds is 10. The summed E-state index contributed by atoms with van der Waals surface area (Å²) in [7, 11) is 6.88. The lowest BCUT2D eigenvalue weighted by atomic mass is 10.1. The third-order valence-corrected chi connectivity index (χ3v) is 3.19. The molecule has 0 aliphatic rings. The van der Waals surface area contributed by atoms with Crippen LogP contribution in [0.15, 0.2) is 0 Å². The lowest BCUT2D eigenvalue weighted by molar-refractivity contribution is 0.0223. The van der Waals surface area contributed by atoms with Crippen LogP contribution >= 0.6 is 0 Å². The van der Waals surface area contributed by atoms with Gasteiger partial charge < -0.3 is 18.9 Å². The molecule has 4 nitrogen and oxygen atoms in total. The fraction of sp³-hybridized carbons (Fsp3) is 1.00. The van der Waals surface area contributed by atoms with E-state index in [1.807, 2.05) is 13.8 Å². The number of ether oxygens (including phenoxy) is 4. The molecule has 0 fully saturated rings. The Balaban J connectivity index is -0.000000263. The van der Waals surface area contributed by atoms with Crippen molar-refractivity contribution in [2.24, 2.45) is 5.92 Å². The van der Waals surface area contributed by atoms with Gasteiger partial charge in [-0.3, -0.25) is 0 Å². The van der Waals surface area contributed by atoms with Crippen LogP contribution in [0.3, 0.4) is 0 Å². The summed E-state index contributed by atoms with van der Waals surface area (Å²) in [4.78, 5) is 0. The van der Waals surface area contributed by atoms with Crippen LogP contribution in [0.25, 0.3) is 0 Å². The Hall–Kier alpha value is -0.160. The standard InChI is InChI=1S/C8H18O2.C6H14O.C4H10O/c1-4-5-6-8(10-3)7-9-2;1-4-6(2)5-7-3;1-4(2)5-3/h8H,4-7H2,1-3H3;6H,4-5H2,1-3H3;4H,1-3H3. The SMILES string of the molecule is CCC(C)COC.CCCCC(COC)OC.COC(C)C. The predicted molar refractivity (Wildman–Crippen MR) is 95.7 cm³/mol. The molecule has 2 atom stereocenters. The van der Waals surface area contributed by atoms with Crippen molar-refractivity contribution in [2.75, 3.05) is 41.7 Å². The zero-order valence-corrected chi connectivity index (χ0v) is 16.6. The van der Waals surface area contributed by atoms with Crippen LogP contribution < -0.4 is 0 Å². The molecule has 0 saturated carbocycles. The van der Waals surface area contributed by atoms with Crippen molar-refractivity contribution >= 4 is 0 Å². The molecule has 4 heteroatoms. The molecule has 0 radical (unpaired) electrons. The maximum absolute atomic E-state index is 5.17. The molecule has 0 aromatic rings. The summed E-state index contributed by atoms with van der Waals surface area (Å²) in [5, 5.41) is 0. The van der Waals surface area contributed by atoms with E-state index in [-0.39, 0.29) is 0 Å². The van der Waals surface area contributed by atoms with Crippen LogP contribution in [0, 0.1) is 5.92 Å². The number of hydrogen-bond acceptors (Lipinski definition) is 4. The highest BCUT2D eigenvalue weighted by Crippen LogP contribution is 2.03. The Morgan fingerprint density at radius 1 is 0.773 bits per heavy atom. The zero-order chi connectivity index (χ0) is 17.8. The molecule has 0 spiro atoms. The quantitative estimate of drug-likeness (QED) is 0.591. The van der Waals surface area contributed by atoms with Crippen LogP contribution in [0.2, 0.25) is 0 Å². The van der Waals surface area contributed by atoms with E-state index in [0.29, 0.717) is 12.2 Å². The molecule has 2 unspecified atom stereocenters. The Bertz CT molecular complexity index is 174. The average molecular weight is 323 g/mol. The molecule has 0 aromatic heterocycles. The van der Waals surface area contributed by atoms with Gasteiger partial charge in [-0.15, -0.1) is 0 Å². The molecular weight excluding hydrogens is 280 g/mol. The summed E-state index contributed by atoms with van der Waals surface area (Å²) >= 11 is 0. The molecule has 0 saturated heterocycles. The summed E-state index contributed by atoms with van der Waals surface area (Å²) in [5.41, 5.74) is 0. The van der Waals surface area contributed by atoms with Crippen molar-refractivity contribution in [1.82, 2.24) is 0 Å². The molecule has 0 rings (SSSR count). The molecule has 0 N–H and O–H groups in total. The molecule has 138 valence electrons. The van der Waals surface area contributed by atoms with Gasteiger partial charge in [0.15, 0.2) is 0 Å². The second-order valence-corrected chi connectivity index (χ2v) is 5.71. The fourth-order valence-corrected chi connectivity index (χ4v) is 1.29. The van der Waals surface area contributed by atoms with Crippen LogP contribution in [0.1, 0.15) is 60.3 Å². The van der Waals surface area contributed by atoms with E-state index >= 15 is 0 Å². The summed E-state index contributed by atoms with van der Waals surface area (Å²) in [6, 6.07) is 0. The van der Waals surface area contributed by atoms with Crippen molar-refractivity contribution in [3.63, 3.8) is 0 Å². The number of hydrogen-bond donors (Lipinski definition) is 0. The Kier molecular flexibility index (Phi) is 28.1. The average Bonchev–Trinajstić information content (AvgIpc) is 2.52. The van der Waals surface area contributed by atoms with E-state index in [1.165, 1.54) is 19.3 Å². The monoisotopic (exact) mass is 322 g/mol. The minimum atomic E-state index is 0.296. The van der Waals surface area contributed by atoms with E-state index in [2.05, 4.69) is 20.8 Å². The van der Waals surface area contributed by atoms with Gasteiger partial charge in [-0.05, 0) is 26.2 Å². The van der Waals surface area contributed by atoms with Crippen molar-refractivity contribution in [2.45, 2.75) is 72.5 Å². The minimum Gasteiger partial charge on any atom is -0.384 e. The molecule has 0 amide bonds. The highest BCUT2D eigenvalue weighted by Gasteiger charge is 2.04. The van der Waals surface area contributed by atoms with E-state index in [9.17, 15) is 0 Å². The lowest BCUT2D eigenvalue weighted by Crippen LogP contribution is -2.16. The molecule has 0 bridgehead atoms. The topological polar surface area (TPSA) is 36.9 Å². The van der Waals surface area contributed by atoms with Gasteiger partial charge in [0.25, 0.3) is 0 Å². The second kappa shape index (κ2) is 23.1. The van der Waals surface area contributed by atoms with E-state index in [1.54, 1.807) is 28.4 Å². The maximum atomic E-state index is 5.17. The van der Waals surface area contributed by atoms with Crippen molar-refractivity contribution in [3.8, 4) is 0 Å². The molecule has 22 heavy (non-hydrogen) atoms. The molecule has 0 heterocycles. The molecule has 0 aromatic carbocycles. The Morgan fingerprint density at radius 3 is 1.50 bits per heavy atom. The van der Waals surface area contributed by atoms with Crippen LogP contribution in [0.5, 0.6) is 0 Å². The third-order valence-electron chi connectivity index (χ3n) is 3.19. The normalized spacial score (nSPS) is 12.8. The largest absolute Gasteiger partial charge is 0.384 e. The third kappa shape index (κ3) is 28.1. The first-order chi connectivity index (χ1) is 10.4. The Labute approximate surface area is 139 Å². The Morgan fingerprint density at radius 2 is 1.27 bits per heavy atom. The van der Waals surface area contributed by atoms with Crippen molar-refractivity contribution in [1.29, 1.82) is 0 Å². The smallest absolute Gasteiger partial charge is 0.0804 e. The molecule has 0 aliphatic carbocycles. The van der Waals surface area contributed by atoms with Crippen LogP contribution in [-0.2, 0) is 18.9 Å². The first-order valence-electron chi connectivity index (χ1n) is 8.46. The second-order valence-electron chi connectivity index (χ2n) is 5.71. The van der Waals surface area contributed by atoms with Crippen LogP contribution in [-0.4, -0.2) is 53.9 Å². The van der Waals surface area contributed by atoms with Crippen molar-refractivity contribution in [3.05, 3.63) is 0 Å². The highest BCUT2D eigenvalue weighted by molar-refractivity contribution is 4.54.